The highest BCUT2D eigenvalue weighted by Crippen LogP contribution is 2.44. The topological polar surface area (TPSA) is 95.9 Å². The van der Waals surface area contributed by atoms with E-state index in [1.54, 1.807) is 0 Å². The van der Waals surface area contributed by atoms with Gasteiger partial charge in [-0.05, 0) is 28.2 Å². The maximum atomic E-state index is 12.6. The van der Waals surface area contributed by atoms with Crippen molar-refractivity contribution < 1.29 is 24.2 Å². The number of carbonyl (C=O) groups is 3. The summed E-state index contributed by atoms with van der Waals surface area (Å²) in [5, 5.41) is 11.8. The Morgan fingerprint density at radius 3 is 2.18 bits per heavy atom. The normalized spacial score (nSPS) is 13.1. The molecular formula is C26H30N2O5. The summed E-state index contributed by atoms with van der Waals surface area (Å²) in [6.07, 6.45) is 0.851. The van der Waals surface area contributed by atoms with Crippen molar-refractivity contribution in [2.45, 2.75) is 32.2 Å². The second-order valence-corrected chi connectivity index (χ2v) is 8.48. The van der Waals surface area contributed by atoms with Gasteiger partial charge in [0.2, 0.25) is 5.91 Å². The minimum absolute atomic E-state index is 0.0248. The first-order valence-corrected chi connectivity index (χ1v) is 11.0. The highest BCUT2D eigenvalue weighted by Gasteiger charge is 2.30. The van der Waals surface area contributed by atoms with Crippen molar-refractivity contribution in [1.82, 2.24) is 10.2 Å². The lowest BCUT2D eigenvalue weighted by Gasteiger charge is -2.26. The molecule has 33 heavy (non-hydrogen) atoms. The van der Waals surface area contributed by atoms with Crippen molar-refractivity contribution in [3.05, 3.63) is 72.3 Å². The zero-order valence-corrected chi connectivity index (χ0v) is 19.0. The number of rotatable bonds is 10. The average molecular weight is 451 g/mol. The fraction of sp³-hybridized carbons (Fsp3) is 0.346. The molecule has 0 bridgehead atoms. The lowest BCUT2D eigenvalue weighted by molar-refractivity contribution is -0.144. The summed E-state index contributed by atoms with van der Waals surface area (Å²) in [6.45, 7) is 7.23. The number of aliphatic carboxylic acids is 1. The van der Waals surface area contributed by atoms with Crippen LogP contribution in [0.4, 0.5) is 4.79 Å². The molecule has 0 unspecified atom stereocenters. The maximum absolute atomic E-state index is 12.6. The molecule has 2 aromatic rings. The highest BCUT2D eigenvalue weighted by molar-refractivity contribution is 5.82. The van der Waals surface area contributed by atoms with Gasteiger partial charge in [-0.1, -0.05) is 68.5 Å². The van der Waals surface area contributed by atoms with Gasteiger partial charge in [-0.2, -0.15) is 0 Å². The molecule has 1 aliphatic rings. The van der Waals surface area contributed by atoms with Crippen LogP contribution in [0.5, 0.6) is 0 Å². The largest absolute Gasteiger partial charge is 0.480 e. The van der Waals surface area contributed by atoms with Crippen molar-refractivity contribution in [3.8, 4) is 11.1 Å². The SMILES string of the molecule is C=CCN(CC(=O)O)C(=O)C[C@H](NC(=O)OCC1c2ccccc2-c2ccccc21)C(C)C. The Balaban J connectivity index is 1.63. The van der Waals surface area contributed by atoms with Crippen molar-refractivity contribution in [2.24, 2.45) is 5.92 Å². The summed E-state index contributed by atoms with van der Waals surface area (Å²) in [5.41, 5.74) is 4.54. The number of ether oxygens (including phenoxy) is 1. The quantitative estimate of drug-likeness (QED) is 0.533. The Labute approximate surface area is 194 Å². The van der Waals surface area contributed by atoms with Crippen LogP contribution in [-0.4, -0.2) is 53.7 Å². The average Bonchev–Trinajstić information content (AvgIpc) is 3.10. The van der Waals surface area contributed by atoms with Crippen LogP contribution >= 0.6 is 0 Å². The van der Waals surface area contributed by atoms with Crippen LogP contribution in [0.15, 0.2) is 61.2 Å². The van der Waals surface area contributed by atoms with Crippen LogP contribution in [0.3, 0.4) is 0 Å². The summed E-state index contributed by atoms with van der Waals surface area (Å²) in [6, 6.07) is 15.7. The van der Waals surface area contributed by atoms with Gasteiger partial charge in [0, 0.05) is 24.9 Å². The minimum atomic E-state index is -1.10. The third-order valence-corrected chi connectivity index (χ3v) is 5.87. The van der Waals surface area contributed by atoms with E-state index in [9.17, 15) is 14.4 Å². The fourth-order valence-corrected chi connectivity index (χ4v) is 4.14. The number of hydrogen-bond donors (Lipinski definition) is 2. The first-order chi connectivity index (χ1) is 15.8. The molecule has 0 spiro atoms. The molecule has 7 nitrogen and oxygen atoms in total. The van der Waals surface area contributed by atoms with E-state index in [-0.39, 0.29) is 37.3 Å². The zero-order chi connectivity index (χ0) is 24.0. The molecule has 0 aliphatic heterocycles. The first kappa shape index (κ1) is 24.0. The number of nitrogens with one attached hydrogen (secondary N) is 1. The van der Waals surface area contributed by atoms with Gasteiger partial charge < -0.3 is 20.1 Å². The number of carbonyl (C=O) groups excluding carboxylic acids is 2. The van der Waals surface area contributed by atoms with E-state index in [4.69, 9.17) is 9.84 Å². The summed E-state index contributed by atoms with van der Waals surface area (Å²) >= 11 is 0. The lowest BCUT2D eigenvalue weighted by atomic mass is 9.98. The lowest BCUT2D eigenvalue weighted by Crippen LogP contribution is -2.45. The molecular weight excluding hydrogens is 420 g/mol. The number of amides is 2. The van der Waals surface area contributed by atoms with Crippen molar-refractivity contribution in [1.29, 1.82) is 0 Å². The molecule has 7 heteroatoms. The fourth-order valence-electron chi connectivity index (χ4n) is 4.14. The van der Waals surface area contributed by atoms with Crippen LogP contribution in [-0.2, 0) is 14.3 Å². The molecule has 2 aromatic carbocycles. The van der Waals surface area contributed by atoms with Gasteiger partial charge in [0.1, 0.15) is 13.2 Å². The van der Waals surface area contributed by atoms with Crippen LogP contribution in [0.25, 0.3) is 11.1 Å². The summed E-state index contributed by atoms with van der Waals surface area (Å²) in [4.78, 5) is 37.5. The summed E-state index contributed by atoms with van der Waals surface area (Å²) in [5.74, 6) is -1.57. The van der Waals surface area contributed by atoms with E-state index in [1.807, 2.05) is 50.2 Å². The molecule has 0 fully saturated rings. The predicted octanol–water partition coefficient (Wildman–Crippen LogP) is 4.04. The standard InChI is InChI=1S/C26H30N2O5/c1-4-13-28(15-25(30)31)24(29)14-23(17(2)3)27-26(32)33-16-22-20-11-7-5-9-18(20)19-10-6-8-12-21(19)22/h4-12,17,22-23H,1,13-16H2,2-3H3,(H,27,32)(H,30,31)/t23-/m0/s1. The van der Waals surface area contributed by atoms with Gasteiger partial charge in [0.25, 0.3) is 0 Å². The number of fused-ring (bicyclic) bond motifs is 3. The molecule has 0 aromatic heterocycles. The number of hydrogen-bond acceptors (Lipinski definition) is 4. The Morgan fingerprint density at radius 2 is 1.67 bits per heavy atom. The second-order valence-electron chi connectivity index (χ2n) is 8.48. The molecule has 1 atom stereocenters. The molecule has 174 valence electrons. The number of benzene rings is 2. The van der Waals surface area contributed by atoms with Crippen LogP contribution in [0.1, 0.15) is 37.3 Å². The van der Waals surface area contributed by atoms with Gasteiger partial charge in [-0.15, -0.1) is 6.58 Å². The van der Waals surface area contributed by atoms with Gasteiger partial charge >= 0.3 is 12.1 Å². The van der Waals surface area contributed by atoms with Crippen molar-refractivity contribution in [2.75, 3.05) is 19.7 Å². The Morgan fingerprint density at radius 1 is 1.09 bits per heavy atom. The molecule has 2 amide bonds. The van der Waals surface area contributed by atoms with E-state index >= 15 is 0 Å². The summed E-state index contributed by atoms with van der Waals surface area (Å²) in [7, 11) is 0. The van der Waals surface area contributed by atoms with Crippen LogP contribution in [0.2, 0.25) is 0 Å². The molecule has 0 saturated heterocycles. The molecule has 3 rings (SSSR count). The monoisotopic (exact) mass is 450 g/mol. The number of alkyl carbamates (subject to hydrolysis) is 1. The predicted molar refractivity (Wildman–Crippen MR) is 126 cm³/mol. The molecule has 1 aliphatic carbocycles. The maximum Gasteiger partial charge on any atom is 0.407 e. The third kappa shape index (κ3) is 5.80. The number of carboxylic acids is 1. The van der Waals surface area contributed by atoms with Gasteiger partial charge in [0.15, 0.2) is 0 Å². The van der Waals surface area contributed by atoms with E-state index in [0.29, 0.717) is 0 Å². The molecule has 0 heterocycles. The molecule has 0 saturated carbocycles. The van der Waals surface area contributed by atoms with E-state index < -0.39 is 24.6 Å². The van der Waals surface area contributed by atoms with E-state index in [0.717, 1.165) is 22.3 Å². The minimum Gasteiger partial charge on any atom is -0.480 e. The zero-order valence-electron chi connectivity index (χ0n) is 19.0. The van der Waals surface area contributed by atoms with Crippen LogP contribution in [0, 0.1) is 5.92 Å². The third-order valence-electron chi connectivity index (χ3n) is 5.87. The number of carboxylic acid groups (broad SMARTS) is 1. The van der Waals surface area contributed by atoms with E-state index in [1.165, 1.54) is 11.0 Å². The molecule has 2 N–H and O–H groups in total. The summed E-state index contributed by atoms with van der Waals surface area (Å²) < 4.78 is 5.59. The van der Waals surface area contributed by atoms with Gasteiger partial charge in [0.05, 0.1) is 0 Å². The first-order valence-electron chi connectivity index (χ1n) is 11.0. The Kier molecular flexibility index (Phi) is 7.87. The Hall–Kier alpha value is -3.61. The highest BCUT2D eigenvalue weighted by atomic mass is 16.5. The Bertz CT molecular complexity index is 987. The number of nitrogens with zero attached hydrogens (tertiary/aromatic N) is 1. The van der Waals surface area contributed by atoms with Crippen LogP contribution < -0.4 is 5.32 Å². The molecule has 0 radical (unpaired) electrons. The van der Waals surface area contributed by atoms with Crippen molar-refractivity contribution >= 4 is 18.0 Å². The van der Waals surface area contributed by atoms with Gasteiger partial charge in [-0.25, -0.2) is 4.79 Å². The second kappa shape index (κ2) is 10.8. The smallest absolute Gasteiger partial charge is 0.407 e. The van der Waals surface area contributed by atoms with Gasteiger partial charge in [-0.3, -0.25) is 9.59 Å². The van der Waals surface area contributed by atoms with Crippen molar-refractivity contribution in [3.63, 3.8) is 0 Å². The van der Waals surface area contributed by atoms with E-state index in [2.05, 4.69) is 24.0 Å².